The molecule has 1 aliphatic heterocycles. The molecule has 0 aromatic heterocycles. The monoisotopic (exact) mass is 293 g/mol. The van der Waals surface area contributed by atoms with E-state index in [0.717, 1.165) is 31.9 Å². The van der Waals surface area contributed by atoms with Crippen LogP contribution in [0.25, 0.3) is 0 Å². The van der Waals surface area contributed by atoms with E-state index in [4.69, 9.17) is 4.74 Å². The zero-order valence-electron chi connectivity index (χ0n) is 12.8. The van der Waals surface area contributed by atoms with Crippen LogP contribution >= 0.6 is 0 Å². The maximum atomic E-state index is 11.3. The van der Waals surface area contributed by atoms with Gasteiger partial charge in [-0.15, -0.1) is 0 Å². The summed E-state index contributed by atoms with van der Waals surface area (Å²) in [5, 5.41) is 10.1. The van der Waals surface area contributed by atoms with Gasteiger partial charge in [-0.25, -0.2) is 0 Å². The standard InChI is InChI=1S/C16H24N2O3/c1-13-3-5-16(6-4-13)21-12-15(20)11-17-7-9-18(10-8-17)14(2)19/h3-6,15,20H,7-12H2,1-2H3/p+1/t15-/m1/s1. The summed E-state index contributed by atoms with van der Waals surface area (Å²) in [7, 11) is 0. The van der Waals surface area contributed by atoms with Crippen LogP contribution in [0.5, 0.6) is 5.75 Å². The minimum absolute atomic E-state index is 0.136. The van der Waals surface area contributed by atoms with Gasteiger partial charge < -0.3 is 19.6 Å². The van der Waals surface area contributed by atoms with Crippen molar-refractivity contribution in [2.24, 2.45) is 0 Å². The molecule has 0 aliphatic carbocycles. The van der Waals surface area contributed by atoms with Crippen LogP contribution in [0.3, 0.4) is 0 Å². The van der Waals surface area contributed by atoms with Crippen LogP contribution in [0.1, 0.15) is 12.5 Å². The van der Waals surface area contributed by atoms with Gasteiger partial charge in [-0.3, -0.25) is 4.79 Å². The number of aryl methyl sites for hydroxylation is 1. The number of aliphatic hydroxyl groups excluding tert-OH is 1. The van der Waals surface area contributed by atoms with E-state index in [9.17, 15) is 9.90 Å². The number of piperazine rings is 1. The first-order valence-corrected chi connectivity index (χ1v) is 7.51. The van der Waals surface area contributed by atoms with E-state index in [0.29, 0.717) is 13.2 Å². The second-order valence-corrected chi connectivity index (χ2v) is 5.74. The molecule has 116 valence electrons. The van der Waals surface area contributed by atoms with Crippen LogP contribution in [0.2, 0.25) is 0 Å². The number of rotatable bonds is 5. The highest BCUT2D eigenvalue weighted by molar-refractivity contribution is 5.73. The fraction of sp³-hybridized carbons (Fsp3) is 0.562. The highest BCUT2D eigenvalue weighted by Gasteiger charge is 2.23. The molecular weight excluding hydrogens is 268 g/mol. The lowest BCUT2D eigenvalue weighted by molar-refractivity contribution is -0.907. The highest BCUT2D eigenvalue weighted by Crippen LogP contribution is 2.11. The van der Waals surface area contributed by atoms with Crippen molar-refractivity contribution in [3.05, 3.63) is 29.8 Å². The number of benzene rings is 1. The molecule has 5 heteroatoms. The third-order valence-electron chi connectivity index (χ3n) is 3.90. The molecule has 1 aliphatic rings. The van der Waals surface area contributed by atoms with E-state index in [1.807, 2.05) is 36.1 Å². The summed E-state index contributed by atoms with van der Waals surface area (Å²) in [4.78, 5) is 14.4. The van der Waals surface area contributed by atoms with Crippen LogP contribution in [-0.2, 0) is 4.79 Å². The second-order valence-electron chi connectivity index (χ2n) is 5.74. The molecule has 5 nitrogen and oxygen atoms in total. The summed E-state index contributed by atoms with van der Waals surface area (Å²) in [6.45, 7) is 7.94. The lowest BCUT2D eigenvalue weighted by Crippen LogP contribution is -3.15. The van der Waals surface area contributed by atoms with E-state index < -0.39 is 6.10 Å². The van der Waals surface area contributed by atoms with Gasteiger partial charge in [0.05, 0.1) is 26.2 Å². The first-order chi connectivity index (χ1) is 10.0. The molecule has 21 heavy (non-hydrogen) atoms. The van der Waals surface area contributed by atoms with Crippen molar-refractivity contribution in [2.75, 3.05) is 39.3 Å². The average molecular weight is 293 g/mol. The van der Waals surface area contributed by atoms with Crippen LogP contribution in [0.15, 0.2) is 24.3 Å². The summed E-state index contributed by atoms with van der Waals surface area (Å²) in [5.74, 6) is 0.924. The number of nitrogens with one attached hydrogen (secondary N) is 1. The van der Waals surface area contributed by atoms with Crippen LogP contribution in [0.4, 0.5) is 0 Å². The Labute approximate surface area is 126 Å². The predicted molar refractivity (Wildman–Crippen MR) is 80.5 cm³/mol. The summed E-state index contributed by atoms with van der Waals surface area (Å²) in [6.07, 6.45) is -0.481. The summed E-state index contributed by atoms with van der Waals surface area (Å²) in [6, 6.07) is 7.82. The first-order valence-electron chi connectivity index (χ1n) is 7.51. The van der Waals surface area contributed by atoms with E-state index >= 15 is 0 Å². The van der Waals surface area contributed by atoms with Gasteiger partial charge in [0.2, 0.25) is 5.91 Å². The van der Waals surface area contributed by atoms with Gasteiger partial charge in [0.1, 0.15) is 25.0 Å². The lowest BCUT2D eigenvalue weighted by atomic mass is 10.2. The zero-order chi connectivity index (χ0) is 15.2. The van der Waals surface area contributed by atoms with Crippen LogP contribution in [-0.4, -0.2) is 61.3 Å². The van der Waals surface area contributed by atoms with Crippen LogP contribution < -0.4 is 9.64 Å². The Kier molecular flexibility index (Phi) is 5.59. The van der Waals surface area contributed by atoms with E-state index in [1.165, 1.54) is 10.5 Å². The Bertz CT molecular complexity index is 453. The summed E-state index contributed by atoms with van der Waals surface area (Å²) < 4.78 is 5.60. The number of nitrogens with zero attached hydrogens (tertiary/aromatic N) is 1. The third-order valence-corrected chi connectivity index (χ3v) is 3.90. The number of hydrogen-bond donors (Lipinski definition) is 2. The van der Waals surface area contributed by atoms with Crippen molar-refractivity contribution in [1.29, 1.82) is 0 Å². The van der Waals surface area contributed by atoms with Crippen molar-refractivity contribution in [3.63, 3.8) is 0 Å². The average Bonchev–Trinajstić information content (AvgIpc) is 2.47. The second kappa shape index (κ2) is 7.43. The molecule has 0 radical (unpaired) electrons. The van der Waals surface area contributed by atoms with Crippen molar-refractivity contribution < 1.29 is 19.5 Å². The predicted octanol–water partition coefficient (Wildman–Crippen LogP) is -0.518. The Hall–Kier alpha value is -1.59. The number of amides is 1. The van der Waals surface area contributed by atoms with Gasteiger partial charge in [0, 0.05) is 6.92 Å². The molecule has 2 N–H and O–H groups in total. The van der Waals surface area contributed by atoms with Crippen molar-refractivity contribution in [2.45, 2.75) is 20.0 Å². The highest BCUT2D eigenvalue weighted by atomic mass is 16.5. The molecule has 0 bridgehead atoms. The minimum Gasteiger partial charge on any atom is -0.491 e. The fourth-order valence-corrected chi connectivity index (χ4v) is 2.56. The molecule has 1 aromatic carbocycles. The van der Waals surface area contributed by atoms with Gasteiger partial charge in [-0.1, -0.05) is 17.7 Å². The third kappa shape index (κ3) is 5.02. The first kappa shape index (κ1) is 15.8. The van der Waals surface area contributed by atoms with Gasteiger partial charge in [0.15, 0.2) is 0 Å². The molecule has 1 aromatic rings. The van der Waals surface area contributed by atoms with E-state index in [-0.39, 0.29) is 5.91 Å². The van der Waals surface area contributed by atoms with Gasteiger partial charge >= 0.3 is 0 Å². The molecule has 1 saturated heterocycles. The molecule has 1 heterocycles. The Morgan fingerprint density at radius 1 is 1.33 bits per heavy atom. The molecular formula is C16H25N2O3+. The van der Waals surface area contributed by atoms with Crippen molar-refractivity contribution in [1.82, 2.24) is 4.90 Å². The number of ether oxygens (including phenoxy) is 1. The number of hydrogen-bond acceptors (Lipinski definition) is 3. The number of carbonyl (C=O) groups excluding carboxylic acids is 1. The lowest BCUT2D eigenvalue weighted by Gasteiger charge is -2.32. The smallest absolute Gasteiger partial charge is 0.219 e. The zero-order valence-corrected chi connectivity index (χ0v) is 12.8. The molecule has 1 fully saturated rings. The van der Waals surface area contributed by atoms with Gasteiger partial charge in [-0.05, 0) is 19.1 Å². The number of aliphatic hydroxyl groups is 1. The van der Waals surface area contributed by atoms with E-state index in [2.05, 4.69) is 0 Å². The van der Waals surface area contributed by atoms with Gasteiger partial charge in [0.25, 0.3) is 0 Å². The van der Waals surface area contributed by atoms with Crippen molar-refractivity contribution in [3.8, 4) is 5.75 Å². The minimum atomic E-state index is -0.481. The summed E-state index contributed by atoms with van der Waals surface area (Å²) >= 11 is 0. The number of carbonyl (C=O) groups is 1. The molecule has 2 rings (SSSR count). The molecule has 1 amide bonds. The largest absolute Gasteiger partial charge is 0.491 e. The SMILES string of the molecule is CC(=O)N1CC[NH+](C[C@@H](O)COc2ccc(C)cc2)CC1. The van der Waals surface area contributed by atoms with Crippen molar-refractivity contribution >= 4 is 5.91 Å². The van der Waals surface area contributed by atoms with E-state index in [1.54, 1.807) is 6.92 Å². The summed E-state index contributed by atoms with van der Waals surface area (Å²) in [5.41, 5.74) is 1.19. The Morgan fingerprint density at radius 2 is 1.95 bits per heavy atom. The topological polar surface area (TPSA) is 54.2 Å². The fourth-order valence-electron chi connectivity index (χ4n) is 2.56. The maximum Gasteiger partial charge on any atom is 0.219 e. The molecule has 0 unspecified atom stereocenters. The number of quaternary nitrogens is 1. The maximum absolute atomic E-state index is 11.3. The molecule has 0 saturated carbocycles. The Balaban J connectivity index is 1.69. The quantitative estimate of drug-likeness (QED) is 0.768. The normalized spacial score (nSPS) is 17.6. The molecule has 1 atom stereocenters. The van der Waals surface area contributed by atoms with Gasteiger partial charge in [-0.2, -0.15) is 0 Å². The molecule has 0 spiro atoms. The Morgan fingerprint density at radius 3 is 2.52 bits per heavy atom. The van der Waals surface area contributed by atoms with Crippen LogP contribution in [0, 0.1) is 6.92 Å².